The van der Waals surface area contributed by atoms with Gasteiger partial charge >= 0.3 is 0 Å². The second-order valence-corrected chi connectivity index (χ2v) is 5.09. The van der Waals surface area contributed by atoms with Crippen molar-refractivity contribution in [3.63, 3.8) is 0 Å². The molecule has 2 rings (SSSR count). The van der Waals surface area contributed by atoms with Crippen LogP contribution in [0.25, 0.3) is 17.0 Å². The van der Waals surface area contributed by atoms with E-state index in [-0.39, 0.29) is 19.1 Å². The summed E-state index contributed by atoms with van der Waals surface area (Å²) in [5.41, 5.74) is 1.61. The number of benzene rings is 1. The number of rotatable bonds is 6. The lowest BCUT2D eigenvalue weighted by Gasteiger charge is -2.18. The average molecular weight is 300 g/mol. The number of hydrogen-bond acceptors (Lipinski definition) is 4. The van der Waals surface area contributed by atoms with Crippen LogP contribution in [0.4, 0.5) is 0 Å². The van der Waals surface area contributed by atoms with E-state index in [0.29, 0.717) is 0 Å². The molecular formula is C17H20N2O3. The maximum atomic E-state index is 12.0. The van der Waals surface area contributed by atoms with Crippen LogP contribution in [-0.2, 0) is 9.53 Å². The summed E-state index contributed by atoms with van der Waals surface area (Å²) in [6.45, 7) is 0.426. The quantitative estimate of drug-likeness (QED) is 0.825. The summed E-state index contributed by atoms with van der Waals surface area (Å²) in [6, 6.07) is 11.7. The number of para-hydroxylation sites is 1. The van der Waals surface area contributed by atoms with Crippen molar-refractivity contribution in [2.24, 2.45) is 0 Å². The molecule has 0 bridgehead atoms. The molecule has 5 heteroatoms. The molecule has 0 saturated heterocycles. The monoisotopic (exact) mass is 300 g/mol. The zero-order valence-electron chi connectivity index (χ0n) is 12.8. The van der Waals surface area contributed by atoms with Crippen molar-refractivity contribution in [2.45, 2.75) is 6.10 Å². The van der Waals surface area contributed by atoms with Gasteiger partial charge in [-0.1, -0.05) is 24.3 Å². The van der Waals surface area contributed by atoms with Gasteiger partial charge in [0, 0.05) is 32.2 Å². The number of pyridine rings is 1. The lowest BCUT2D eigenvalue weighted by atomic mass is 10.2. The molecule has 0 aliphatic carbocycles. The van der Waals surface area contributed by atoms with Crippen molar-refractivity contribution in [2.75, 3.05) is 27.3 Å². The van der Waals surface area contributed by atoms with Gasteiger partial charge in [0.05, 0.1) is 23.9 Å². The lowest BCUT2D eigenvalue weighted by molar-refractivity contribution is -0.126. The Morgan fingerprint density at radius 3 is 2.91 bits per heavy atom. The molecule has 1 amide bonds. The number of carbonyl (C=O) groups is 1. The predicted molar refractivity (Wildman–Crippen MR) is 86.3 cm³/mol. The number of nitrogens with zero attached hydrogens (tertiary/aromatic N) is 2. The van der Waals surface area contributed by atoms with Gasteiger partial charge in [0.2, 0.25) is 5.91 Å². The van der Waals surface area contributed by atoms with E-state index in [2.05, 4.69) is 4.98 Å². The lowest BCUT2D eigenvalue weighted by Crippen LogP contribution is -2.35. The number of fused-ring (bicyclic) bond motifs is 1. The summed E-state index contributed by atoms with van der Waals surface area (Å²) in [4.78, 5) is 17.9. The van der Waals surface area contributed by atoms with Gasteiger partial charge in [-0.25, -0.2) is 4.98 Å². The number of hydrogen-bond donors (Lipinski definition) is 1. The van der Waals surface area contributed by atoms with Crippen molar-refractivity contribution >= 4 is 22.9 Å². The highest BCUT2D eigenvalue weighted by Crippen LogP contribution is 2.12. The third-order valence-electron chi connectivity index (χ3n) is 3.24. The Labute approximate surface area is 129 Å². The molecule has 0 spiro atoms. The molecule has 1 aromatic heterocycles. The normalized spacial score (nSPS) is 12.7. The fourth-order valence-electron chi connectivity index (χ4n) is 2.11. The second kappa shape index (κ2) is 7.68. The highest BCUT2D eigenvalue weighted by molar-refractivity contribution is 5.91. The molecular weight excluding hydrogens is 280 g/mol. The third-order valence-corrected chi connectivity index (χ3v) is 3.24. The topological polar surface area (TPSA) is 62.7 Å². The zero-order chi connectivity index (χ0) is 15.9. The van der Waals surface area contributed by atoms with Crippen molar-refractivity contribution in [3.05, 3.63) is 48.2 Å². The Kier molecular flexibility index (Phi) is 5.63. The van der Waals surface area contributed by atoms with Crippen LogP contribution < -0.4 is 0 Å². The first-order valence-corrected chi connectivity index (χ1v) is 7.06. The molecule has 1 unspecified atom stereocenters. The van der Waals surface area contributed by atoms with Crippen LogP contribution in [0.15, 0.2) is 42.5 Å². The summed E-state index contributed by atoms with van der Waals surface area (Å²) in [6.07, 6.45) is 2.44. The Morgan fingerprint density at radius 1 is 1.36 bits per heavy atom. The Balaban J connectivity index is 2.01. The summed E-state index contributed by atoms with van der Waals surface area (Å²) in [7, 11) is 3.15. The number of methoxy groups -OCH3 is 1. The minimum absolute atomic E-state index is 0.190. The smallest absolute Gasteiger partial charge is 0.246 e. The number of carbonyl (C=O) groups excluding carboxylic acids is 1. The summed E-state index contributed by atoms with van der Waals surface area (Å²) in [5, 5.41) is 10.7. The zero-order valence-corrected chi connectivity index (χ0v) is 12.8. The van der Waals surface area contributed by atoms with Gasteiger partial charge in [-0.3, -0.25) is 4.79 Å². The van der Waals surface area contributed by atoms with Crippen molar-refractivity contribution in [3.8, 4) is 0 Å². The number of aromatic nitrogens is 1. The Hall–Kier alpha value is -2.24. The number of aliphatic hydroxyl groups excluding tert-OH is 1. The van der Waals surface area contributed by atoms with E-state index in [0.717, 1.165) is 16.6 Å². The molecule has 2 aromatic rings. The van der Waals surface area contributed by atoms with Gasteiger partial charge in [-0.05, 0) is 18.2 Å². The van der Waals surface area contributed by atoms with Crippen molar-refractivity contribution in [1.29, 1.82) is 0 Å². The predicted octanol–water partition coefficient (Wildman–Crippen LogP) is 1.71. The Morgan fingerprint density at radius 2 is 2.14 bits per heavy atom. The van der Waals surface area contributed by atoms with Crippen LogP contribution in [0.3, 0.4) is 0 Å². The van der Waals surface area contributed by atoms with E-state index in [4.69, 9.17) is 4.74 Å². The molecule has 1 atom stereocenters. The summed E-state index contributed by atoms with van der Waals surface area (Å²) in [5.74, 6) is -0.190. The third kappa shape index (κ3) is 4.38. The van der Waals surface area contributed by atoms with Gasteiger partial charge < -0.3 is 14.7 Å². The maximum Gasteiger partial charge on any atom is 0.246 e. The molecule has 1 N–H and O–H groups in total. The van der Waals surface area contributed by atoms with E-state index >= 15 is 0 Å². The van der Waals surface area contributed by atoms with E-state index in [1.54, 1.807) is 13.1 Å². The largest absolute Gasteiger partial charge is 0.389 e. The molecule has 1 aromatic carbocycles. The highest BCUT2D eigenvalue weighted by Gasteiger charge is 2.11. The molecule has 0 aliphatic rings. The van der Waals surface area contributed by atoms with Gasteiger partial charge in [0.15, 0.2) is 0 Å². The fraction of sp³-hybridized carbons (Fsp3) is 0.294. The number of ether oxygens (including phenoxy) is 1. The molecule has 0 radical (unpaired) electrons. The van der Waals surface area contributed by atoms with E-state index in [1.165, 1.54) is 18.1 Å². The van der Waals surface area contributed by atoms with E-state index < -0.39 is 6.10 Å². The van der Waals surface area contributed by atoms with Gasteiger partial charge in [0.25, 0.3) is 0 Å². The molecule has 0 fully saturated rings. The molecule has 5 nitrogen and oxygen atoms in total. The number of aliphatic hydroxyl groups is 1. The van der Waals surface area contributed by atoms with E-state index in [1.807, 2.05) is 36.4 Å². The molecule has 1 heterocycles. The Bertz CT molecular complexity index is 670. The van der Waals surface area contributed by atoms with E-state index in [9.17, 15) is 9.90 Å². The second-order valence-electron chi connectivity index (χ2n) is 5.09. The average Bonchev–Trinajstić information content (AvgIpc) is 2.52. The van der Waals surface area contributed by atoms with Crippen LogP contribution in [0, 0.1) is 0 Å². The van der Waals surface area contributed by atoms with Crippen LogP contribution in [0.1, 0.15) is 5.69 Å². The minimum atomic E-state index is -0.689. The van der Waals surface area contributed by atoms with Gasteiger partial charge in [-0.2, -0.15) is 0 Å². The van der Waals surface area contributed by atoms with Crippen molar-refractivity contribution < 1.29 is 14.6 Å². The van der Waals surface area contributed by atoms with Crippen molar-refractivity contribution in [1.82, 2.24) is 9.88 Å². The van der Waals surface area contributed by atoms with Gasteiger partial charge in [-0.15, -0.1) is 0 Å². The molecule has 116 valence electrons. The maximum absolute atomic E-state index is 12.0. The highest BCUT2D eigenvalue weighted by atomic mass is 16.5. The van der Waals surface area contributed by atoms with Gasteiger partial charge in [0.1, 0.15) is 0 Å². The van der Waals surface area contributed by atoms with Crippen LogP contribution >= 0.6 is 0 Å². The van der Waals surface area contributed by atoms with Crippen LogP contribution in [-0.4, -0.2) is 54.3 Å². The first-order chi connectivity index (χ1) is 10.6. The molecule has 22 heavy (non-hydrogen) atoms. The minimum Gasteiger partial charge on any atom is -0.389 e. The van der Waals surface area contributed by atoms with Crippen LogP contribution in [0.2, 0.25) is 0 Å². The fourth-order valence-corrected chi connectivity index (χ4v) is 2.11. The number of amides is 1. The first kappa shape index (κ1) is 16.1. The summed E-state index contributed by atoms with van der Waals surface area (Å²) < 4.78 is 4.84. The molecule has 0 aliphatic heterocycles. The standard InChI is InChI=1S/C17H20N2O3/c1-19(11-15(20)12-22-2)17(21)10-9-14-8-7-13-5-3-4-6-16(13)18-14/h3-10,15,20H,11-12H2,1-2H3. The SMILES string of the molecule is COCC(O)CN(C)C(=O)C=Cc1ccc2ccccc2n1. The summed E-state index contributed by atoms with van der Waals surface area (Å²) >= 11 is 0. The first-order valence-electron chi connectivity index (χ1n) is 7.06. The van der Waals surface area contributed by atoms with Crippen LogP contribution in [0.5, 0.6) is 0 Å². The number of likely N-dealkylation sites (N-methyl/N-ethyl adjacent to an activating group) is 1. The molecule has 0 saturated carbocycles.